The van der Waals surface area contributed by atoms with E-state index >= 15 is 0 Å². The van der Waals surface area contributed by atoms with Gasteiger partial charge in [0.1, 0.15) is 0 Å². The van der Waals surface area contributed by atoms with Gasteiger partial charge in [-0.2, -0.15) is 0 Å². The first-order valence-corrected chi connectivity index (χ1v) is 8.69. The highest BCUT2D eigenvalue weighted by atomic mass is 79.9. The third-order valence-electron chi connectivity index (χ3n) is 3.06. The molecule has 0 aliphatic carbocycles. The molecule has 0 saturated heterocycles. The Balaban J connectivity index is 2.19. The van der Waals surface area contributed by atoms with Crippen LogP contribution in [0, 0.1) is 0 Å². The lowest BCUT2D eigenvalue weighted by atomic mass is 10.1. The van der Waals surface area contributed by atoms with Crippen LogP contribution in [0.25, 0.3) is 0 Å². The van der Waals surface area contributed by atoms with Gasteiger partial charge in [0.15, 0.2) is 0 Å². The zero-order valence-corrected chi connectivity index (χ0v) is 13.9. The topological polar surface area (TPSA) is 66.4 Å². The van der Waals surface area contributed by atoms with Gasteiger partial charge in [-0.25, -0.2) is 13.1 Å². The predicted octanol–water partition coefficient (Wildman–Crippen LogP) is 2.98. The minimum absolute atomic E-state index is 0.146. The molecule has 0 heterocycles. The predicted molar refractivity (Wildman–Crippen MR) is 85.2 cm³/mol. The van der Waals surface area contributed by atoms with Crippen LogP contribution in [0.15, 0.2) is 57.9 Å². The lowest BCUT2D eigenvalue weighted by Crippen LogP contribution is -2.23. The molecule has 4 nitrogen and oxygen atoms in total. The number of rotatable bonds is 5. The van der Waals surface area contributed by atoms with E-state index in [4.69, 9.17) is 0 Å². The number of halogens is 1. The Morgan fingerprint density at radius 2 is 1.90 bits per heavy atom. The van der Waals surface area contributed by atoms with Crippen LogP contribution in [0.4, 0.5) is 0 Å². The molecule has 0 saturated carbocycles. The van der Waals surface area contributed by atoms with Crippen molar-refractivity contribution in [1.29, 1.82) is 0 Å². The first-order chi connectivity index (χ1) is 9.90. The SMILES string of the molecule is CC(O)c1cccc(S(=O)(=O)NCc2ccccc2Br)c1. The fourth-order valence-corrected chi connectivity index (χ4v) is 3.33. The molecule has 0 aliphatic rings. The molecule has 112 valence electrons. The van der Waals surface area contributed by atoms with E-state index in [1.165, 1.54) is 12.1 Å². The Kier molecular flexibility index (Phi) is 5.16. The summed E-state index contributed by atoms with van der Waals surface area (Å²) in [7, 11) is -3.61. The summed E-state index contributed by atoms with van der Waals surface area (Å²) in [6.45, 7) is 1.79. The molecule has 2 N–H and O–H groups in total. The van der Waals surface area contributed by atoms with Crippen molar-refractivity contribution in [3.63, 3.8) is 0 Å². The molecule has 1 atom stereocenters. The maximum Gasteiger partial charge on any atom is 0.240 e. The van der Waals surface area contributed by atoms with Crippen molar-refractivity contribution in [3.8, 4) is 0 Å². The second kappa shape index (κ2) is 6.70. The molecule has 6 heteroatoms. The van der Waals surface area contributed by atoms with Gasteiger partial charge in [-0.1, -0.05) is 46.3 Å². The minimum Gasteiger partial charge on any atom is -0.389 e. The van der Waals surface area contributed by atoms with E-state index in [0.717, 1.165) is 10.0 Å². The maximum atomic E-state index is 12.3. The van der Waals surface area contributed by atoms with Gasteiger partial charge in [-0.05, 0) is 36.2 Å². The van der Waals surface area contributed by atoms with Crippen LogP contribution in [0.3, 0.4) is 0 Å². The molecule has 0 radical (unpaired) electrons. The Labute approximate surface area is 133 Å². The van der Waals surface area contributed by atoms with Gasteiger partial charge >= 0.3 is 0 Å². The molecule has 0 aromatic heterocycles. The van der Waals surface area contributed by atoms with Crippen molar-refractivity contribution < 1.29 is 13.5 Å². The van der Waals surface area contributed by atoms with E-state index in [-0.39, 0.29) is 11.4 Å². The molecular formula is C15H16BrNO3S. The number of hydrogen-bond donors (Lipinski definition) is 2. The Morgan fingerprint density at radius 1 is 1.19 bits per heavy atom. The van der Waals surface area contributed by atoms with E-state index in [9.17, 15) is 13.5 Å². The molecule has 2 aromatic carbocycles. The third kappa shape index (κ3) is 4.14. The summed E-state index contributed by atoms with van der Waals surface area (Å²) in [5.74, 6) is 0. The van der Waals surface area contributed by atoms with Gasteiger partial charge in [0.25, 0.3) is 0 Å². The maximum absolute atomic E-state index is 12.3. The molecule has 0 spiro atoms. The standard InChI is InChI=1S/C15H16BrNO3S/c1-11(18)12-6-4-7-14(9-12)21(19,20)17-10-13-5-2-3-8-15(13)16/h2-9,11,17-18H,10H2,1H3. The van der Waals surface area contributed by atoms with Crippen LogP contribution < -0.4 is 4.72 Å². The summed E-state index contributed by atoms with van der Waals surface area (Å²) >= 11 is 3.38. The summed E-state index contributed by atoms with van der Waals surface area (Å²) in [6, 6.07) is 13.7. The normalized spacial score (nSPS) is 13.1. The lowest BCUT2D eigenvalue weighted by molar-refractivity contribution is 0.199. The number of aliphatic hydroxyl groups is 1. The molecule has 21 heavy (non-hydrogen) atoms. The van der Waals surface area contributed by atoms with E-state index in [1.807, 2.05) is 24.3 Å². The van der Waals surface area contributed by atoms with Crippen molar-refractivity contribution in [3.05, 3.63) is 64.1 Å². The first kappa shape index (κ1) is 16.2. The van der Waals surface area contributed by atoms with E-state index in [0.29, 0.717) is 5.56 Å². The van der Waals surface area contributed by atoms with E-state index in [2.05, 4.69) is 20.7 Å². The largest absolute Gasteiger partial charge is 0.389 e. The molecule has 0 aliphatic heterocycles. The molecule has 0 amide bonds. The van der Waals surface area contributed by atoms with Crippen molar-refractivity contribution in [2.75, 3.05) is 0 Å². The number of hydrogen-bond acceptors (Lipinski definition) is 3. The average molecular weight is 370 g/mol. The number of sulfonamides is 1. The molecule has 0 fully saturated rings. The minimum atomic E-state index is -3.61. The van der Waals surface area contributed by atoms with Crippen LogP contribution in [-0.4, -0.2) is 13.5 Å². The highest BCUT2D eigenvalue weighted by molar-refractivity contribution is 9.10. The van der Waals surface area contributed by atoms with Gasteiger partial charge in [0, 0.05) is 11.0 Å². The Hall–Kier alpha value is -1.21. The highest BCUT2D eigenvalue weighted by Crippen LogP contribution is 2.19. The van der Waals surface area contributed by atoms with Crippen LogP contribution in [0.1, 0.15) is 24.2 Å². The van der Waals surface area contributed by atoms with E-state index < -0.39 is 16.1 Å². The van der Waals surface area contributed by atoms with Crippen LogP contribution >= 0.6 is 15.9 Å². The highest BCUT2D eigenvalue weighted by Gasteiger charge is 2.15. The smallest absolute Gasteiger partial charge is 0.240 e. The molecule has 1 unspecified atom stereocenters. The zero-order chi connectivity index (χ0) is 15.5. The Bertz CT molecular complexity index is 729. The molecule has 2 aromatic rings. The number of benzene rings is 2. The second-order valence-electron chi connectivity index (χ2n) is 4.66. The van der Waals surface area contributed by atoms with Crippen molar-refractivity contribution in [1.82, 2.24) is 4.72 Å². The fourth-order valence-electron chi connectivity index (χ4n) is 1.84. The van der Waals surface area contributed by atoms with Crippen molar-refractivity contribution in [2.45, 2.75) is 24.5 Å². The number of nitrogens with one attached hydrogen (secondary N) is 1. The quantitative estimate of drug-likeness (QED) is 0.851. The zero-order valence-electron chi connectivity index (χ0n) is 11.5. The summed E-state index contributed by atoms with van der Waals surface area (Å²) < 4.78 is 28.0. The van der Waals surface area contributed by atoms with E-state index in [1.54, 1.807) is 19.1 Å². The van der Waals surface area contributed by atoms with Crippen molar-refractivity contribution in [2.24, 2.45) is 0 Å². The van der Waals surface area contributed by atoms with Crippen LogP contribution in [0.5, 0.6) is 0 Å². The van der Waals surface area contributed by atoms with Gasteiger partial charge in [-0.15, -0.1) is 0 Å². The van der Waals surface area contributed by atoms with Gasteiger partial charge in [-0.3, -0.25) is 0 Å². The molecular weight excluding hydrogens is 354 g/mol. The number of aliphatic hydroxyl groups excluding tert-OH is 1. The molecule has 0 bridgehead atoms. The monoisotopic (exact) mass is 369 g/mol. The average Bonchev–Trinajstić information content (AvgIpc) is 2.46. The fraction of sp³-hybridized carbons (Fsp3) is 0.200. The van der Waals surface area contributed by atoms with Crippen molar-refractivity contribution >= 4 is 26.0 Å². The van der Waals surface area contributed by atoms with Crippen LogP contribution in [-0.2, 0) is 16.6 Å². The summed E-state index contributed by atoms with van der Waals surface area (Å²) in [4.78, 5) is 0.146. The first-order valence-electron chi connectivity index (χ1n) is 6.41. The molecule has 2 rings (SSSR count). The van der Waals surface area contributed by atoms with Gasteiger partial charge in [0.2, 0.25) is 10.0 Å². The summed E-state index contributed by atoms with van der Waals surface area (Å²) in [6.07, 6.45) is -0.705. The summed E-state index contributed by atoms with van der Waals surface area (Å²) in [5, 5.41) is 9.54. The second-order valence-corrected chi connectivity index (χ2v) is 7.29. The van der Waals surface area contributed by atoms with Gasteiger partial charge < -0.3 is 5.11 Å². The Morgan fingerprint density at radius 3 is 2.57 bits per heavy atom. The van der Waals surface area contributed by atoms with Crippen LogP contribution in [0.2, 0.25) is 0 Å². The van der Waals surface area contributed by atoms with Gasteiger partial charge in [0.05, 0.1) is 11.0 Å². The third-order valence-corrected chi connectivity index (χ3v) is 5.23. The summed E-state index contributed by atoms with van der Waals surface area (Å²) in [5.41, 5.74) is 1.42. The lowest BCUT2D eigenvalue weighted by Gasteiger charge is -2.10.